The van der Waals surface area contributed by atoms with Crippen LogP contribution in [0.4, 0.5) is 0 Å². The number of Topliss-reactive ketones (excluding diaryl/α,β-unsaturated/α-hetero) is 1. The fraction of sp³-hybridized carbons (Fsp3) is 0.692. The van der Waals surface area contributed by atoms with Gasteiger partial charge in [0, 0.05) is 24.9 Å². The SMILES string of the molecule is C=CCNC(=O)C(=O)C(CCCC)NC(=O)[C@@H]1[C@@H](C=C)CCN1C(=O)[C@@H](C)C1CCCCC1. The van der Waals surface area contributed by atoms with Crippen LogP contribution in [0, 0.1) is 17.8 Å². The monoisotopic (exact) mass is 459 g/mol. The molecule has 0 radical (unpaired) electrons. The molecule has 2 rings (SSSR count). The van der Waals surface area contributed by atoms with E-state index in [1.54, 1.807) is 11.0 Å². The molecule has 184 valence electrons. The Kier molecular flexibility index (Phi) is 10.8. The van der Waals surface area contributed by atoms with E-state index in [0.29, 0.717) is 31.7 Å². The van der Waals surface area contributed by atoms with Crippen molar-refractivity contribution in [3.05, 3.63) is 25.3 Å². The van der Waals surface area contributed by atoms with Gasteiger partial charge in [-0.25, -0.2) is 0 Å². The number of carbonyl (C=O) groups is 4. The highest BCUT2D eigenvalue weighted by atomic mass is 16.2. The molecule has 1 saturated carbocycles. The van der Waals surface area contributed by atoms with Gasteiger partial charge in [-0.2, -0.15) is 0 Å². The average Bonchev–Trinajstić information content (AvgIpc) is 3.28. The van der Waals surface area contributed by atoms with E-state index >= 15 is 0 Å². The molecule has 1 heterocycles. The van der Waals surface area contributed by atoms with Crippen LogP contribution in [0.1, 0.15) is 71.6 Å². The molecule has 1 unspecified atom stereocenters. The summed E-state index contributed by atoms with van der Waals surface area (Å²) in [6.07, 6.45) is 11.4. The number of rotatable bonds is 12. The van der Waals surface area contributed by atoms with Gasteiger partial charge < -0.3 is 15.5 Å². The number of nitrogens with zero attached hydrogens (tertiary/aromatic N) is 1. The lowest BCUT2D eigenvalue weighted by molar-refractivity contribution is -0.145. The first-order valence-electron chi connectivity index (χ1n) is 12.5. The van der Waals surface area contributed by atoms with Crippen molar-refractivity contribution < 1.29 is 19.2 Å². The van der Waals surface area contributed by atoms with Crippen LogP contribution < -0.4 is 10.6 Å². The van der Waals surface area contributed by atoms with Crippen molar-refractivity contribution in [1.29, 1.82) is 0 Å². The van der Waals surface area contributed by atoms with Crippen LogP contribution in [0.5, 0.6) is 0 Å². The predicted molar refractivity (Wildman–Crippen MR) is 129 cm³/mol. The van der Waals surface area contributed by atoms with Crippen LogP contribution in [-0.2, 0) is 19.2 Å². The molecule has 2 N–H and O–H groups in total. The zero-order valence-electron chi connectivity index (χ0n) is 20.3. The third kappa shape index (κ3) is 7.02. The van der Waals surface area contributed by atoms with Gasteiger partial charge >= 0.3 is 0 Å². The molecule has 1 aliphatic heterocycles. The zero-order chi connectivity index (χ0) is 24.4. The van der Waals surface area contributed by atoms with E-state index in [0.717, 1.165) is 32.1 Å². The van der Waals surface area contributed by atoms with Gasteiger partial charge in [-0.1, -0.05) is 58.1 Å². The van der Waals surface area contributed by atoms with Gasteiger partial charge in [0.05, 0.1) is 6.04 Å². The number of unbranched alkanes of at least 4 members (excludes halogenated alkanes) is 1. The largest absolute Gasteiger partial charge is 0.346 e. The molecule has 0 aromatic carbocycles. The lowest BCUT2D eigenvalue weighted by atomic mass is 9.80. The highest BCUT2D eigenvalue weighted by Crippen LogP contribution is 2.34. The smallest absolute Gasteiger partial charge is 0.289 e. The number of amides is 3. The Bertz CT molecular complexity index is 729. The second-order valence-electron chi connectivity index (χ2n) is 9.42. The lowest BCUT2D eigenvalue weighted by Gasteiger charge is -2.33. The van der Waals surface area contributed by atoms with Crippen LogP contribution in [0.3, 0.4) is 0 Å². The molecule has 7 nitrogen and oxygen atoms in total. The minimum atomic E-state index is -0.916. The Labute approximate surface area is 198 Å². The quantitative estimate of drug-likeness (QED) is 0.346. The Balaban J connectivity index is 2.15. The Morgan fingerprint density at radius 2 is 1.79 bits per heavy atom. The van der Waals surface area contributed by atoms with Gasteiger partial charge in [0.1, 0.15) is 6.04 Å². The zero-order valence-corrected chi connectivity index (χ0v) is 20.3. The summed E-state index contributed by atoms with van der Waals surface area (Å²) in [5.74, 6) is -1.73. The molecule has 0 bridgehead atoms. The van der Waals surface area contributed by atoms with Crippen LogP contribution in [-0.4, -0.2) is 53.6 Å². The average molecular weight is 460 g/mol. The molecule has 0 aromatic rings. The fourth-order valence-electron chi connectivity index (χ4n) is 5.09. The van der Waals surface area contributed by atoms with E-state index in [-0.39, 0.29) is 30.2 Å². The van der Waals surface area contributed by atoms with Crippen LogP contribution in [0.15, 0.2) is 25.3 Å². The predicted octanol–water partition coefficient (Wildman–Crippen LogP) is 3.15. The highest BCUT2D eigenvalue weighted by Gasteiger charge is 2.43. The second-order valence-corrected chi connectivity index (χ2v) is 9.42. The van der Waals surface area contributed by atoms with E-state index in [1.807, 2.05) is 13.8 Å². The summed E-state index contributed by atoms with van der Waals surface area (Å²) in [4.78, 5) is 53.4. The van der Waals surface area contributed by atoms with Gasteiger partial charge in [-0.3, -0.25) is 19.2 Å². The maximum absolute atomic E-state index is 13.4. The molecule has 3 amide bonds. The lowest BCUT2D eigenvalue weighted by Crippen LogP contribution is -2.55. The Hall–Kier alpha value is -2.44. The molecule has 0 aromatic heterocycles. The van der Waals surface area contributed by atoms with E-state index in [2.05, 4.69) is 23.8 Å². The van der Waals surface area contributed by atoms with Crippen LogP contribution in [0.25, 0.3) is 0 Å². The fourth-order valence-corrected chi connectivity index (χ4v) is 5.09. The van der Waals surface area contributed by atoms with E-state index < -0.39 is 23.8 Å². The standard InChI is InChI=1S/C26H41N3O4/c1-5-8-14-21(23(30)25(32)27-16-6-2)28-24(31)22-19(7-3)15-17-29(22)26(33)18(4)20-12-10-9-11-13-20/h6-7,18-22H,2-3,5,8-17H2,1,4H3,(H,27,32)(H,28,31)/t18-,19-,21?,22-/m0/s1. The highest BCUT2D eigenvalue weighted by molar-refractivity contribution is 6.38. The molecular formula is C26H41N3O4. The van der Waals surface area contributed by atoms with Crippen molar-refractivity contribution in [3.8, 4) is 0 Å². The molecule has 1 saturated heterocycles. The summed E-state index contributed by atoms with van der Waals surface area (Å²) < 4.78 is 0. The van der Waals surface area contributed by atoms with Crippen molar-refractivity contribution in [2.75, 3.05) is 13.1 Å². The second kappa shape index (κ2) is 13.3. The summed E-state index contributed by atoms with van der Waals surface area (Å²) in [5, 5.41) is 5.29. The Morgan fingerprint density at radius 1 is 1.09 bits per heavy atom. The normalized spacial score (nSPS) is 22.8. The topological polar surface area (TPSA) is 95.6 Å². The number of ketones is 1. The first-order valence-corrected chi connectivity index (χ1v) is 12.5. The van der Waals surface area contributed by atoms with E-state index in [4.69, 9.17) is 0 Å². The third-order valence-electron chi connectivity index (χ3n) is 7.16. The molecule has 7 heteroatoms. The van der Waals surface area contributed by atoms with E-state index in [9.17, 15) is 19.2 Å². The molecule has 1 aliphatic carbocycles. The van der Waals surface area contributed by atoms with Crippen molar-refractivity contribution in [2.24, 2.45) is 17.8 Å². The molecule has 0 spiro atoms. The molecule has 2 fully saturated rings. The van der Waals surface area contributed by atoms with Gasteiger partial charge in [0.2, 0.25) is 17.6 Å². The molecule has 4 atom stereocenters. The van der Waals surface area contributed by atoms with Crippen molar-refractivity contribution in [2.45, 2.75) is 83.7 Å². The summed E-state index contributed by atoms with van der Waals surface area (Å²) in [6, 6.07) is -1.62. The van der Waals surface area contributed by atoms with Crippen LogP contribution >= 0.6 is 0 Å². The van der Waals surface area contributed by atoms with Crippen molar-refractivity contribution in [1.82, 2.24) is 15.5 Å². The first-order chi connectivity index (χ1) is 15.8. The molecule has 33 heavy (non-hydrogen) atoms. The molecule has 2 aliphatic rings. The summed E-state index contributed by atoms with van der Waals surface area (Å²) in [6.45, 7) is 12.0. The minimum absolute atomic E-state index is 0.00607. The number of hydrogen-bond donors (Lipinski definition) is 2. The summed E-state index contributed by atoms with van der Waals surface area (Å²) in [7, 11) is 0. The summed E-state index contributed by atoms with van der Waals surface area (Å²) in [5.41, 5.74) is 0. The van der Waals surface area contributed by atoms with Gasteiger partial charge in [0.15, 0.2) is 0 Å². The third-order valence-corrected chi connectivity index (χ3v) is 7.16. The van der Waals surface area contributed by atoms with Crippen LogP contribution in [0.2, 0.25) is 0 Å². The summed E-state index contributed by atoms with van der Waals surface area (Å²) >= 11 is 0. The number of nitrogens with one attached hydrogen (secondary N) is 2. The molecular weight excluding hydrogens is 418 g/mol. The minimum Gasteiger partial charge on any atom is -0.346 e. The maximum Gasteiger partial charge on any atom is 0.289 e. The number of likely N-dealkylation sites (tertiary alicyclic amines) is 1. The first kappa shape index (κ1) is 26.8. The maximum atomic E-state index is 13.4. The van der Waals surface area contributed by atoms with Crippen molar-refractivity contribution >= 4 is 23.5 Å². The van der Waals surface area contributed by atoms with Gasteiger partial charge in [-0.05, 0) is 31.6 Å². The van der Waals surface area contributed by atoms with E-state index in [1.165, 1.54) is 12.5 Å². The van der Waals surface area contributed by atoms with Gasteiger partial charge in [-0.15, -0.1) is 13.2 Å². The van der Waals surface area contributed by atoms with Gasteiger partial charge in [0.25, 0.3) is 5.91 Å². The number of carbonyl (C=O) groups excluding carboxylic acids is 4. The number of hydrogen-bond acceptors (Lipinski definition) is 4. The van der Waals surface area contributed by atoms with Crippen molar-refractivity contribution in [3.63, 3.8) is 0 Å². The Morgan fingerprint density at radius 3 is 2.39 bits per heavy atom.